The van der Waals surface area contributed by atoms with Crippen LogP contribution in [0.1, 0.15) is 19.8 Å². The SMILES string of the molecule is CNCC(=O)N1CCC(C)CC1C(=O)O. The van der Waals surface area contributed by atoms with Crippen molar-refractivity contribution in [3.63, 3.8) is 0 Å². The van der Waals surface area contributed by atoms with Gasteiger partial charge in [-0.1, -0.05) is 6.92 Å². The average molecular weight is 214 g/mol. The topological polar surface area (TPSA) is 69.6 Å². The van der Waals surface area contributed by atoms with E-state index in [9.17, 15) is 9.59 Å². The monoisotopic (exact) mass is 214 g/mol. The van der Waals surface area contributed by atoms with Crippen molar-refractivity contribution in [3.8, 4) is 0 Å². The van der Waals surface area contributed by atoms with Gasteiger partial charge in [-0.2, -0.15) is 0 Å². The second-order valence-corrected chi connectivity index (χ2v) is 4.10. The number of piperidine rings is 1. The number of carboxylic acids is 1. The summed E-state index contributed by atoms with van der Waals surface area (Å²) < 4.78 is 0. The number of nitrogens with zero attached hydrogens (tertiary/aromatic N) is 1. The highest BCUT2D eigenvalue weighted by atomic mass is 16.4. The lowest BCUT2D eigenvalue weighted by molar-refractivity contribution is -0.152. The molecule has 0 aromatic rings. The molecule has 1 aliphatic heterocycles. The number of carboxylic acid groups (broad SMARTS) is 1. The Labute approximate surface area is 89.4 Å². The number of nitrogens with one attached hydrogen (secondary N) is 1. The molecule has 2 atom stereocenters. The fraction of sp³-hybridized carbons (Fsp3) is 0.800. The fourth-order valence-corrected chi connectivity index (χ4v) is 1.93. The summed E-state index contributed by atoms with van der Waals surface area (Å²) >= 11 is 0. The molecule has 1 saturated heterocycles. The summed E-state index contributed by atoms with van der Waals surface area (Å²) in [5, 5.41) is 11.8. The van der Waals surface area contributed by atoms with Crippen LogP contribution in [-0.2, 0) is 9.59 Å². The molecular weight excluding hydrogens is 196 g/mol. The Morgan fingerprint density at radius 1 is 1.53 bits per heavy atom. The van der Waals surface area contributed by atoms with E-state index in [1.165, 1.54) is 4.90 Å². The van der Waals surface area contributed by atoms with Gasteiger partial charge in [-0.3, -0.25) is 4.79 Å². The first kappa shape index (κ1) is 12.0. The lowest BCUT2D eigenvalue weighted by Crippen LogP contribution is -2.51. The van der Waals surface area contributed by atoms with E-state index in [0.29, 0.717) is 18.9 Å². The summed E-state index contributed by atoms with van der Waals surface area (Å²) in [6.45, 7) is 2.78. The van der Waals surface area contributed by atoms with E-state index in [-0.39, 0.29) is 12.5 Å². The molecule has 86 valence electrons. The van der Waals surface area contributed by atoms with Gasteiger partial charge in [0.2, 0.25) is 5.91 Å². The van der Waals surface area contributed by atoms with Gasteiger partial charge in [0.25, 0.3) is 0 Å². The Hall–Kier alpha value is -1.10. The van der Waals surface area contributed by atoms with Crippen molar-refractivity contribution in [1.29, 1.82) is 0 Å². The van der Waals surface area contributed by atoms with Crippen LogP contribution in [0.2, 0.25) is 0 Å². The van der Waals surface area contributed by atoms with Gasteiger partial charge in [0.15, 0.2) is 0 Å². The molecule has 5 nitrogen and oxygen atoms in total. The third-order valence-corrected chi connectivity index (χ3v) is 2.80. The van der Waals surface area contributed by atoms with Crippen LogP contribution >= 0.6 is 0 Å². The van der Waals surface area contributed by atoms with E-state index >= 15 is 0 Å². The predicted molar refractivity (Wildman–Crippen MR) is 55.5 cm³/mol. The molecule has 15 heavy (non-hydrogen) atoms. The summed E-state index contributed by atoms with van der Waals surface area (Å²) in [5.41, 5.74) is 0. The number of hydrogen-bond donors (Lipinski definition) is 2. The second kappa shape index (κ2) is 5.11. The maximum absolute atomic E-state index is 11.6. The normalized spacial score (nSPS) is 26.4. The van der Waals surface area contributed by atoms with Crippen LogP contribution in [0.25, 0.3) is 0 Å². The molecular formula is C10H18N2O3. The minimum absolute atomic E-state index is 0.128. The number of rotatable bonds is 3. The first-order valence-electron chi connectivity index (χ1n) is 5.23. The average Bonchev–Trinajstić information content (AvgIpc) is 2.17. The zero-order valence-corrected chi connectivity index (χ0v) is 9.19. The first-order valence-corrected chi connectivity index (χ1v) is 5.23. The number of aliphatic carboxylic acids is 1. The van der Waals surface area contributed by atoms with Crippen LogP contribution in [0.4, 0.5) is 0 Å². The third-order valence-electron chi connectivity index (χ3n) is 2.80. The summed E-state index contributed by atoms with van der Waals surface area (Å²) in [6.07, 6.45) is 1.45. The van der Waals surface area contributed by atoms with E-state index in [1.54, 1.807) is 7.05 Å². The van der Waals surface area contributed by atoms with Gasteiger partial charge in [0, 0.05) is 6.54 Å². The molecule has 0 spiro atoms. The highest BCUT2D eigenvalue weighted by Gasteiger charge is 2.34. The van der Waals surface area contributed by atoms with E-state index < -0.39 is 12.0 Å². The van der Waals surface area contributed by atoms with Crippen LogP contribution in [0.3, 0.4) is 0 Å². The number of likely N-dealkylation sites (N-methyl/N-ethyl adjacent to an activating group) is 1. The second-order valence-electron chi connectivity index (χ2n) is 4.10. The van der Waals surface area contributed by atoms with E-state index in [0.717, 1.165) is 6.42 Å². The first-order chi connectivity index (χ1) is 7.06. The van der Waals surface area contributed by atoms with Crippen LogP contribution in [0.15, 0.2) is 0 Å². The number of carbonyl (C=O) groups excluding carboxylic acids is 1. The fourth-order valence-electron chi connectivity index (χ4n) is 1.93. The molecule has 2 N–H and O–H groups in total. The largest absolute Gasteiger partial charge is 0.480 e. The zero-order chi connectivity index (χ0) is 11.4. The maximum atomic E-state index is 11.6. The Morgan fingerprint density at radius 3 is 2.73 bits per heavy atom. The van der Waals surface area contributed by atoms with Gasteiger partial charge in [0.05, 0.1) is 6.54 Å². The molecule has 0 aliphatic carbocycles. The minimum atomic E-state index is -0.897. The minimum Gasteiger partial charge on any atom is -0.480 e. The number of amides is 1. The molecule has 0 aromatic carbocycles. The van der Waals surface area contributed by atoms with E-state index in [2.05, 4.69) is 5.32 Å². The van der Waals surface area contributed by atoms with Gasteiger partial charge in [-0.05, 0) is 25.8 Å². The molecule has 5 heteroatoms. The molecule has 1 fully saturated rings. The van der Waals surface area contributed by atoms with Crippen molar-refractivity contribution in [2.45, 2.75) is 25.8 Å². The van der Waals surface area contributed by atoms with Gasteiger partial charge < -0.3 is 15.3 Å². The number of carbonyl (C=O) groups is 2. The molecule has 1 heterocycles. The molecule has 2 unspecified atom stereocenters. The van der Waals surface area contributed by atoms with Crippen molar-refractivity contribution in [3.05, 3.63) is 0 Å². The van der Waals surface area contributed by atoms with Crippen LogP contribution < -0.4 is 5.32 Å². The Balaban J connectivity index is 2.68. The Bertz CT molecular complexity index is 255. The molecule has 0 radical (unpaired) electrons. The summed E-state index contributed by atoms with van der Waals surface area (Å²) in [6, 6.07) is -0.644. The molecule has 1 rings (SSSR count). The van der Waals surface area contributed by atoms with Crippen molar-refractivity contribution >= 4 is 11.9 Å². The van der Waals surface area contributed by atoms with Gasteiger partial charge in [-0.15, -0.1) is 0 Å². The maximum Gasteiger partial charge on any atom is 0.326 e. The lowest BCUT2D eigenvalue weighted by atomic mass is 9.92. The van der Waals surface area contributed by atoms with Crippen LogP contribution in [-0.4, -0.2) is 48.1 Å². The third kappa shape index (κ3) is 2.92. The van der Waals surface area contributed by atoms with Crippen LogP contribution in [0, 0.1) is 5.92 Å². The summed E-state index contributed by atoms with van der Waals surface area (Å²) in [7, 11) is 1.68. The Morgan fingerprint density at radius 2 is 2.20 bits per heavy atom. The number of likely N-dealkylation sites (tertiary alicyclic amines) is 1. The van der Waals surface area contributed by atoms with Crippen molar-refractivity contribution < 1.29 is 14.7 Å². The smallest absolute Gasteiger partial charge is 0.326 e. The van der Waals surface area contributed by atoms with Crippen LogP contribution in [0.5, 0.6) is 0 Å². The van der Waals surface area contributed by atoms with E-state index in [1.807, 2.05) is 6.92 Å². The van der Waals surface area contributed by atoms with Gasteiger partial charge in [0.1, 0.15) is 6.04 Å². The molecule has 1 amide bonds. The standard InChI is InChI=1S/C10H18N2O3/c1-7-3-4-12(9(13)6-11-2)8(5-7)10(14)15/h7-8,11H,3-6H2,1-2H3,(H,14,15). The highest BCUT2D eigenvalue weighted by molar-refractivity contribution is 5.85. The zero-order valence-electron chi connectivity index (χ0n) is 9.19. The van der Waals surface area contributed by atoms with Crippen molar-refractivity contribution in [2.75, 3.05) is 20.1 Å². The lowest BCUT2D eigenvalue weighted by Gasteiger charge is -2.36. The quantitative estimate of drug-likeness (QED) is 0.689. The van der Waals surface area contributed by atoms with Gasteiger partial charge in [-0.25, -0.2) is 4.79 Å². The van der Waals surface area contributed by atoms with Crippen molar-refractivity contribution in [2.24, 2.45) is 5.92 Å². The molecule has 0 bridgehead atoms. The Kier molecular flexibility index (Phi) is 4.08. The number of hydrogen-bond acceptors (Lipinski definition) is 3. The highest BCUT2D eigenvalue weighted by Crippen LogP contribution is 2.22. The van der Waals surface area contributed by atoms with E-state index in [4.69, 9.17) is 5.11 Å². The predicted octanol–water partition coefficient (Wildman–Crippen LogP) is -0.0825. The molecule has 0 aromatic heterocycles. The summed E-state index contributed by atoms with van der Waals surface area (Å²) in [5.74, 6) is -0.646. The van der Waals surface area contributed by atoms with Crippen molar-refractivity contribution in [1.82, 2.24) is 10.2 Å². The van der Waals surface area contributed by atoms with Gasteiger partial charge >= 0.3 is 5.97 Å². The molecule has 1 aliphatic rings. The molecule has 0 saturated carbocycles. The summed E-state index contributed by atoms with van der Waals surface area (Å²) in [4.78, 5) is 24.1.